The number of ether oxygens (including phenoxy) is 1. The Hall–Kier alpha value is -2.79. The van der Waals surface area contributed by atoms with Crippen molar-refractivity contribution < 1.29 is 27.1 Å². The van der Waals surface area contributed by atoms with E-state index in [2.05, 4.69) is 27.1 Å². The molecule has 0 saturated carbocycles. The predicted octanol–water partition coefficient (Wildman–Crippen LogP) is 3.84. The molecule has 0 spiro atoms. The molecule has 1 aliphatic carbocycles. The van der Waals surface area contributed by atoms with Gasteiger partial charge in [0.1, 0.15) is 24.0 Å². The van der Waals surface area contributed by atoms with Gasteiger partial charge in [-0.2, -0.15) is 13.2 Å². The molecular weight excluding hydrogens is 490 g/mol. The number of halogens is 4. The number of hydrogen-bond donors (Lipinski definition) is 1. The molecule has 0 bridgehead atoms. The molecule has 200 valence electrons. The van der Waals surface area contributed by atoms with Crippen molar-refractivity contribution in [3.63, 3.8) is 0 Å². The van der Waals surface area contributed by atoms with Gasteiger partial charge in [-0.15, -0.1) is 0 Å². The first-order valence-corrected chi connectivity index (χ1v) is 12.8. The van der Waals surface area contributed by atoms with E-state index in [0.717, 1.165) is 30.4 Å². The molecule has 1 amide bonds. The standard InChI is InChI=1S/C26H31F4N5O2/c1-16-2-5-21-22(16)24(32-15-31-21)34-8-10-35(11-9-34)25(36)23(33-18-6-12-37-13-7-18)17-3-4-19(20(27)14-17)26(28,29)30/h3-4,14-16,18,23,33H,2,5-13H2,1H3/t16-,23-/m1/s1. The van der Waals surface area contributed by atoms with Gasteiger partial charge in [0.2, 0.25) is 5.91 Å². The molecule has 2 atom stereocenters. The van der Waals surface area contributed by atoms with Crippen LogP contribution in [0.15, 0.2) is 24.5 Å². The summed E-state index contributed by atoms with van der Waals surface area (Å²) in [5, 5.41) is 3.28. The van der Waals surface area contributed by atoms with E-state index >= 15 is 0 Å². The maximum absolute atomic E-state index is 14.5. The number of nitrogens with zero attached hydrogens (tertiary/aromatic N) is 4. The Morgan fingerprint density at radius 2 is 1.84 bits per heavy atom. The molecule has 2 saturated heterocycles. The number of aryl methyl sites for hydroxylation is 1. The molecule has 11 heteroatoms. The van der Waals surface area contributed by atoms with Gasteiger partial charge in [-0.1, -0.05) is 13.0 Å². The molecule has 1 N–H and O–H groups in total. The number of amides is 1. The van der Waals surface area contributed by atoms with E-state index in [0.29, 0.717) is 64.2 Å². The lowest BCUT2D eigenvalue weighted by Crippen LogP contribution is -2.53. The second-order valence-electron chi connectivity index (χ2n) is 10.0. The van der Waals surface area contributed by atoms with Crippen molar-refractivity contribution in [2.75, 3.05) is 44.3 Å². The highest BCUT2D eigenvalue weighted by atomic mass is 19.4. The Kier molecular flexibility index (Phi) is 7.35. The zero-order valence-electron chi connectivity index (χ0n) is 20.7. The van der Waals surface area contributed by atoms with Gasteiger partial charge in [0.05, 0.1) is 5.56 Å². The summed E-state index contributed by atoms with van der Waals surface area (Å²) in [6, 6.07) is 1.74. The van der Waals surface area contributed by atoms with E-state index in [1.165, 1.54) is 11.6 Å². The number of hydrogen-bond acceptors (Lipinski definition) is 6. The predicted molar refractivity (Wildman–Crippen MR) is 129 cm³/mol. The van der Waals surface area contributed by atoms with Crippen LogP contribution in [0.1, 0.15) is 60.5 Å². The summed E-state index contributed by atoms with van der Waals surface area (Å²) in [6.45, 7) is 5.25. The molecular formula is C26H31F4N5O2. The van der Waals surface area contributed by atoms with E-state index in [1.807, 2.05) is 0 Å². The van der Waals surface area contributed by atoms with Crippen molar-refractivity contribution in [1.29, 1.82) is 0 Å². The van der Waals surface area contributed by atoms with Crippen LogP contribution in [0.3, 0.4) is 0 Å². The topological polar surface area (TPSA) is 70.6 Å². The maximum atomic E-state index is 14.5. The Labute approximate surface area is 213 Å². The summed E-state index contributed by atoms with van der Waals surface area (Å²) in [5.74, 6) is -0.350. The van der Waals surface area contributed by atoms with Crippen LogP contribution >= 0.6 is 0 Å². The third-order valence-electron chi connectivity index (χ3n) is 7.65. The van der Waals surface area contributed by atoms with Crippen LogP contribution in [0.2, 0.25) is 0 Å². The number of benzene rings is 1. The van der Waals surface area contributed by atoms with Gasteiger partial charge in [-0.25, -0.2) is 14.4 Å². The van der Waals surface area contributed by atoms with Crippen LogP contribution in [0.5, 0.6) is 0 Å². The molecule has 7 nitrogen and oxygen atoms in total. The maximum Gasteiger partial charge on any atom is 0.419 e. The minimum absolute atomic E-state index is 0.0561. The lowest BCUT2D eigenvalue weighted by Gasteiger charge is -2.39. The van der Waals surface area contributed by atoms with Crippen LogP contribution in [-0.2, 0) is 22.1 Å². The third-order valence-corrected chi connectivity index (χ3v) is 7.65. The number of rotatable bonds is 5. The number of alkyl halides is 3. The van der Waals surface area contributed by atoms with E-state index in [-0.39, 0.29) is 17.5 Å². The largest absolute Gasteiger partial charge is 0.419 e. The van der Waals surface area contributed by atoms with E-state index < -0.39 is 23.6 Å². The highest BCUT2D eigenvalue weighted by Crippen LogP contribution is 2.37. The smallest absolute Gasteiger partial charge is 0.381 e. The quantitative estimate of drug-likeness (QED) is 0.603. The highest BCUT2D eigenvalue weighted by molar-refractivity contribution is 5.83. The lowest BCUT2D eigenvalue weighted by atomic mass is 9.99. The van der Waals surface area contributed by atoms with E-state index in [9.17, 15) is 22.4 Å². The van der Waals surface area contributed by atoms with Crippen LogP contribution in [0.25, 0.3) is 0 Å². The van der Waals surface area contributed by atoms with Gasteiger partial charge in [-0.3, -0.25) is 10.1 Å². The van der Waals surface area contributed by atoms with Crippen LogP contribution in [0, 0.1) is 5.82 Å². The Bertz CT molecular complexity index is 1130. The summed E-state index contributed by atoms with van der Waals surface area (Å²) in [4.78, 5) is 26.5. The number of anilines is 1. The second kappa shape index (κ2) is 10.5. The molecule has 37 heavy (non-hydrogen) atoms. The fourth-order valence-corrected chi connectivity index (χ4v) is 5.55. The van der Waals surface area contributed by atoms with Crippen LogP contribution < -0.4 is 10.2 Å². The highest BCUT2D eigenvalue weighted by Gasteiger charge is 2.37. The molecule has 0 unspecified atom stereocenters. The van der Waals surface area contributed by atoms with Crippen molar-refractivity contribution in [2.24, 2.45) is 0 Å². The molecule has 2 aliphatic heterocycles. The van der Waals surface area contributed by atoms with E-state index in [4.69, 9.17) is 4.74 Å². The van der Waals surface area contributed by atoms with Crippen molar-refractivity contribution in [3.05, 3.63) is 52.7 Å². The number of piperazine rings is 1. The number of carbonyl (C=O) groups is 1. The molecule has 3 heterocycles. The zero-order chi connectivity index (χ0) is 26.2. The SMILES string of the molecule is C[C@@H]1CCc2ncnc(N3CCN(C(=O)[C@H](NC4CCOCC4)c4ccc(C(F)(F)F)c(F)c4)CC3)c21. The van der Waals surface area contributed by atoms with Gasteiger partial charge in [-0.05, 0) is 49.3 Å². The summed E-state index contributed by atoms with van der Waals surface area (Å²) >= 11 is 0. The van der Waals surface area contributed by atoms with Crippen molar-refractivity contribution in [1.82, 2.24) is 20.2 Å². The molecule has 0 radical (unpaired) electrons. The first kappa shape index (κ1) is 25.8. The summed E-state index contributed by atoms with van der Waals surface area (Å²) in [6.07, 6.45) is 0.105. The molecule has 2 aromatic rings. The fourth-order valence-electron chi connectivity index (χ4n) is 5.55. The van der Waals surface area contributed by atoms with Crippen molar-refractivity contribution in [2.45, 2.75) is 56.8 Å². The lowest BCUT2D eigenvalue weighted by molar-refractivity contribution is -0.140. The van der Waals surface area contributed by atoms with Crippen molar-refractivity contribution in [3.8, 4) is 0 Å². The fraction of sp³-hybridized carbons (Fsp3) is 0.577. The van der Waals surface area contributed by atoms with Crippen molar-refractivity contribution >= 4 is 11.7 Å². The van der Waals surface area contributed by atoms with Gasteiger partial charge < -0.3 is 14.5 Å². The third kappa shape index (κ3) is 5.43. The summed E-state index contributed by atoms with van der Waals surface area (Å²) < 4.78 is 59.2. The van der Waals surface area contributed by atoms with Gasteiger partial charge in [0, 0.05) is 56.7 Å². The van der Waals surface area contributed by atoms with Gasteiger partial charge in [0.15, 0.2) is 0 Å². The Balaban J connectivity index is 1.34. The number of carbonyl (C=O) groups excluding carboxylic acids is 1. The Morgan fingerprint density at radius 3 is 2.51 bits per heavy atom. The molecule has 2 fully saturated rings. The second-order valence-corrected chi connectivity index (χ2v) is 10.0. The minimum Gasteiger partial charge on any atom is -0.381 e. The molecule has 1 aromatic heterocycles. The number of fused-ring (bicyclic) bond motifs is 1. The number of aromatic nitrogens is 2. The average molecular weight is 522 g/mol. The first-order valence-electron chi connectivity index (χ1n) is 12.8. The van der Waals surface area contributed by atoms with Crippen LogP contribution in [0.4, 0.5) is 23.4 Å². The summed E-state index contributed by atoms with van der Waals surface area (Å²) in [5.41, 5.74) is 1.11. The average Bonchev–Trinajstić information content (AvgIpc) is 3.28. The number of nitrogens with one attached hydrogen (secondary N) is 1. The first-order chi connectivity index (χ1) is 17.7. The van der Waals surface area contributed by atoms with Gasteiger partial charge in [0.25, 0.3) is 0 Å². The normalized spacial score (nSPS) is 21.7. The Morgan fingerprint density at radius 1 is 1.11 bits per heavy atom. The minimum atomic E-state index is -4.80. The molecule has 5 rings (SSSR count). The zero-order valence-corrected chi connectivity index (χ0v) is 20.7. The molecule has 1 aromatic carbocycles. The van der Waals surface area contributed by atoms with Gasteiger partial charge >= 0.3 is 6.18 Å². The monoisotopic (exact) mass is 521 g/mol. The molecule has 3 aliphatic rings. The van der Waals surface area contributed by atoms with E-state index in [1.54, 1.807) is 11.2 Å². The van der Waals surface area contributed by atoms with Crippen LogP contribution in [-0.4, -0.2) is 66.2 Å². The summed E-state index contributed by atoms with van der Waals surface area (Å²) in [7, 11) is 0.